The lowest BCUT2D eigenvalue weighted by atomic mass is 9.78. The van der Waals surface area contributed by atoms with Gasteiger partial charge in [-0.1, -0.05) is 50.1 Å². The lowest BCUT2D eigenvalue weighted by Gasteiger charge is -2.40. The van der Waals surface area contributed by atoms with E-state index in [0.717, 1.165) is 19.1 Å². The number of rotatable bonds is 5. The molecule has 0 aliphatic heterocycles. The van der Waals surface area contributed by atoms with Crippen molar-refractivity contribution in [3.8, 4) is 0 Å². The predicted molar refractivity (Wildman–Crippen MR) is 75.5 cm³/mol. The first-order valence-corrected chi connectivity index (χ1v) is 7.07. The van der Waals surface area contributed by atoms with Crippen LogP contribution in [0.4, 0.5) is 0 Å². The van der Waals surface area contributed by atoms with E-state index in [9.17, 15) is 0 Å². The summed E-state index contributed by atoms with van der Waals surface area (Å²) in [5, 5.41) is 3.31. The summed E-state index contributed by atoms with van der Waals surface area (Å²) in [6.45, 7) is 4.04. The van der Waals surface area contributed by atoms with E-state index in [4.69, 9.17) is 4.74 Å². The third kappa shape index (κ3) is 3.56. The molecule has 1 aliphatic rings. The van der Waals surface area contributed by atoms with Gasteiger partial charge in [-0.25, -0.2) is 0 Å². The Bertz CT molecular complexity index is 347. The van der Waals surface area contributed by atoms with Gasteiger partial charge in [0.05, 0.1) is 12.2 Å². The molecular formula is C16H25NO. The number of likely N-dealkylation sites (N-methyl/N-ethyl adjacent to an activating group) is 1. The van der Waals surface area contributed by atoms with Crippen LogP contribution in [0.3, 0.4) is 0 Å². The number of hydrogen-bond donors (Lipinski definition) is 1. The smallest absolute Gasteiger partial charge is 0.0813 e. The van der Waals surface area contributed by atoms with E-state index in [1.54, 1.807) is 0 Å². The summed E-state index contributed by atoms with van der Waals surface area (Å²) in [4.78, 5) is 0. The fourth-order valence-electron chi connectivity index (χ4n) is 3.09. The van der Waals surface area contributed by atoms with E-state index in [-0.39, 0.29) is 5.60 Å². The highest BCUT2D eigenvalue weighted by atomic mass is 16.5. The average Bonchev–Trinajstić information content (AvgIpc) is 2.38. The molecule has 2 unspecified atom stereocenters. The van der Waals surface area contributed by atoms with Gasteiger partial charge in [-0.3, -0.25) is 0 Å². The molecule has 1 saturated carbocycles. The minimum atomic E-state index is 0.0439. The van der Waals surface area contributed by atoms with Crippen molar-refractivity contribution in [1.82, 2.24) is 5.32 Å². The summed E-state index contributed by atoms with van der Waals surface area (Å²) >= 11 is 0. The van der Waals surface area contributed by atoms with E-state index in [0.29, 0.717) is 0 Å². The molecule has 2 rings (SSSR count). The van der Waals surface area contributed by atoms with Gasteiger partial charge in [0.15, 0.2) is 0 Å². The summed E-state index contributed by atoms with van der Waals surface area (Å²) in [6.07, 6.45) is 5.00. The van der Waals surface area contributed by atoms with Gasteiger partial charge in [0.2, 0.25) is 0 Å². The maximum atomic E-state index is 6.30. The van der Waals surface area contributed by atoms with Crippen LogP contribution < -0.4 is 5.32 Å². The highest BCUT2D eigenvalue weighted by molar-refractivity contribution is 5.13. The fourth-order valence-corrected chi connectivity index (χ4v) is 3.09. The standard InChI is InChI=1S/C16H25NO/c1-14-7-6-10-16(11-14,13-17-2)18-12-15-8-4-3-5-9-15/h3-5,8-9,14,17H,6-7,10-13H2,1-2H3. The highest BCUT2D eigenvalue weighted by Gasteiger charge is 2.35. The maximum Gasteiger partial charge on any atom is 0.0813 e. The minimum absolute atomic E-state index is 0.0439. The Labute approximate surface area is 111 Å². The van der Waals surface area contributed by atoms with Crippen molar-refractivity contribution in [3.63, 3.8) is 0 Å². The SMILES string of the molecule is CNCC1(OCc2ccccc2)CCCC(C)C1. The normalized spacial score (nSPS) is 28.2. The average molecular weight is 247 g/mol. The molecule has 2 nitrogen and oxygen atoms in total. The van der Waals surface area contributed by atoms with Crippen LogP contribution in [0.2, 0.25) is 0 Å². The molecule has 1 aromatic carbocycles. The molecule has 0 spiro atoms. The fraction of sp³-hybridized carbons (Fsp3) is 0.625. The van der Waals surface area contributed by atoms with Gasteiger partial charge in [-0.2, -0.15) is 0 Å². The summed E-state index contributed by atoms with van der Waals surface area (Å²) < 4.78 is 6.30. The highest BCUT2D eigenvalue weighted by Crippen LogP contribution is 2.35. The Kier molecular flexibility index (Phi) is 4.79. The van der Waals surface area contributed by atoms with Gasteiger partial charge < -0.3 is 10.1 Å². The third-order valence-electron chi connectivity index (χ3n) is 3.94. The lowest BCUT2D eigenvalue weighted by molar-refractivity contribution is -0.0880. The Morgan fingerprint density at radius 1 is 1.33 bits per heavy atom. The Hall–Kier alpha value is -0.860. The molecule has 2 atom stereocenters. The zero-order chi connectivity index (χ0) is 12.8. The molecule has 1 aliphatic carbocycles. The van der Waals surface area contributed by atoms with E-state index in [1.165, 1.54) is 31.2 Å². The summed E-state index contributed by atoms with van der Waals surface area (Å²) in [5.74, 6) is 0.780. The summed E-state index contributed by atoms with van der Waals surface area (Å²) in [5.41, 5.74) is 1.31. The van der Waals surface area contributed by atoms with Gasteiger partial charge in [-0.15, -0.1) is 0 Å². The molecule has 0 aromatic heterocycles. The number of benzene rings is 1. The molecule has 100 valence electrons. The van der Waals surface area contributed by atoms with Crippen LogP contribution in [0, 0.1) is 5.92 Å². The van der Waals surface area contributed by atoms with Crippen LogP contribution in [0.15, 0.2) is 30.3 Å². The largest absolute Gasteiger partial charge is 0.369 e. The Morgan fingerprint density at radius 2 is 2.11 bits per heavy atom. The molecule has 0 bridgehead atoms. The van der Waals surface area contributed by atoms with Gasteiger partial charge in [0.25, 0.3) is 0 Å². The minimum Gasteiger partial charge on any atom is -0.369 e. The van der Waals surface area contributed by atoms with Crippen LogP contribution in [0.1, 0.15) is 38.2 Å². The monoisotopic (exact) mass is 247 g/mol. The molecule has 1 aromatic rings. The molecule has 18 heavy (non-hydrogen) atoms. The molecule has 0 heterocycles. The second-order valence-electron chi connectivity index (χ2n) is 5.69. The number of ether oxygens (including phenoxy) is 1. The van der Waals surface area contributed by atoms with Crippen molar-refractivity contribution >= 4 is 0 Å². The van der Waals surface area contributed by atoms with E-state index in [2.05, 4.69) is 42.6 Å². The molecule has 2 heteroatoms. The van der Waals surface area contributed by atoms with Gasteiger partial charge in [0, 0.05) is 6.54 Å². The quantitative estimate of drug-likeness (QED) is 0.861. The third-order valence-corrected chi connectivity index (χ3v) is 3.94. The van der Waals surface area contributed by atoms with Crippen LogP contribution in [-0.4, -0.2) is 19.2 Å². The van der Waals surface area contributed by atoms with Crippen LogP contribution in [-0.2, 0) is 11.3 Å². The second-order valence-corrected chi connectivity index (χ2v) is 5.69. The van der Waals surface area contributed by atoms with E-state index < -0.39 is 0 Å². The summed E-state index contributed by atoms with van der Waals surface area (Å²) in [7, 11) is 2.02. The molecule has 1 fully saturated rings. The number of hydrogen-bond acceptors (Lipinski definition) is 2. The van der Waals surface area contributed by atoms with Crippen LogP contribution in [0.5, 0.6) is 0 Å². The number of nitrogens with one attached hydrogen (secondary N) is 1. The summed E-state index contributed by atoms with van der Waals surface area (Å²) in [6, 6.07) is 10.5. The molecular weight excluding hydrogens is 222 g/mol. The van der Waals surface area contributed by atoms with Crippen molar-refractivity contribution in [1.29, 1.82) is 0 Å². The predicted octanol–water partition coefficient (Wildman–Crippen LogP) is 3.37. The molecule has 0 amide bonds. The Balaban J connectivity index is 1.97. The zero-order valence-electron chi connectivity index (χ0n) is 11.6. The van der Waals surface area contributed by atoms with E-state index >= 15 is 0 Å². The van der Waals surface area contributed by atoms with Crippen LogP contribution >= 0.6 is 0 Å². The van der Waals surface area contributed by atoms with Crippen molar-refractivity contribution in [2.45, 2.75) is 44.8 Å². The van der Waals surface area contributed by atoms with Gasteiger partial charge in [-0.05, 0) is 31.4 Å². The maximum absolute atomic E-state index is 6.30. The van der Waals surface area contributed by atoms with Crippen molar-refractivity contribution in [3.05, 3.63) is 35.9 Å². The topological polar surface area (TPSA) is 21.3 Å². The van der Waals surface area contributed by atoms with Crippen molar-refractivity contribution < 1.29 is 4.74 Å². The van der Waals surface area contributed by atoms with Crippen molar-refractivity contribution in [2.75, 3.05) is 13.6 Å². The van der Waals surface area contributed by atoms with E-state index in [1.807, 2.05) is 7.05 Å². The lowest BCUT2D eigenvalue weighted by Crippen LogP contribution is -2.45. The Morgan fingerprint density at radius 3 is 2.78 bits per heavy atom. The van der Waals surface area contributed by atoms with Gasteiger partial charge in [0.1, 0.15) is 0 Å². The zero-order valence-corrected chi connectivity index (χ0v) is 11.6. The first-order chi connectivity index (χ1) is 8.74. The van der Waals surface area contributed by atoms with Crippen molar-refractivity contribution in [2.24, 2.45) is 5.92 Å². The molecule has 1 N–H and O–H groups in total. The molecule has 0 radical (unpaired) electrons. The first kappa shape index (κ1) is 13.6. The second kappa shape index (κ2) is 6.35. The molecule has 0 saturated heterocycles. The van der Waals surface area contributed by atoms with Crippen LogP contribution in [0.25, 0.3) is 0 Å². The first-order valence-electron chi connectivity index (χ1n) is 7.07. The van der Waals surface area contributed by atoms with Gasteiger partial charge >= 0.3 is 0 Å².